The van der Waals surface area contributed by atoms with Gasteiger partial charge in [-0.1, -0.05) is 24.3 Å². The highest BCUT2D eigenvalue weighted by atomic mass is 16.5. The molecule has 0 saturated carbocycles. The summed E-state index contributed by atoms with van der Waals surface area (Å²) in [5.74, 6) is 0.318. The number of nitrogens with one attached hydrogen (secondary N) is 2. The third-order valence-corrected chi connectivity index (χ3v) is 3.79. The van der Waals surface area contributed by atoms with Crippen molar-refractivity contribution in [3.8, 4) is 5.88 Å². The van der Waals surface area contributed by atoms with Crippen LogP contribution in [-0.4, -0.2) is 38.1 Å². The first-order chi connectivity index (χ1) is 13.3. The van der Waals surface area contributed by atoms with Gasteiger partial charge in [-0.05, 0) is 31.9 Å². The third-order valence-electron chi connectivity index (χ3n) is 3.79. The fourth-order valence-electron chi connectivity index (χ4n) is 2.37. The number of hydrogen-bond donors (Lipinski definition) is 3. The number of imidazole rings is 1. The number of aromatic nitrogens is 4. The van der Waals surface area contributed by atoms with Crippen LogP contribution in [-0.2, 0) is 22.7 Å². The lowest BCUT2D eigenvalue weighted by atomic mass is 10.1. The molecule has 0 aliphatic heterocycles. The van der Waals surface area contributed by atoms with E-state index < -0.39 is 0 Å². The number of hydrogen-bond acceptors (Lipinski definition) is 7. The Morgan fingerprint density at radius 3 is 2.61 bits per heavy atom. The Bertz CT molecular complexity index is 946. The van der Waals surface area contributed by atoms with E-state index in [1.807, 2.05) is 45.0 Å². The van der Waals surface area contributed by atoms with Gasteiger partial charge in [0.05, 0.1) is 11.9 Å². The molecule has 0 atom stereocenters. The Morgan fingerprint density at radius 1 is 1.18 bits per heavy atom. The maximum absolute atomic E-state index is 11.8. The average molecular weight is 384 g/mol. The molecule has 1 aromatic carbocycles. The van der Waals surface area contributed by atoms with Gasteiger partial charge in [0.2, 0.25) is 17.7 Å². The highest BCUT2D eigenvalue weighted by Gasteiger charge is 2.13. The maximum atomic E-state index is 11.8. The van der Waals surface area contributed by atoms with Gasteiger partial charge < -0.3 is 25.5 Å². The predicted octanol–water partition coefficient (Wildman–Crippen LogP) is 1.95. The molecule has 0 bridgehead atoms. The second kappa shape index (κ2) is 8.22. The first kappa shape index (κ1) is 19.6. The number of amides is 1. The SMILES string of the molecule is CC(C)(C)OCC(=O)NCc1ccc(COc2nc(N)nc3nc[nH]c23)cc1. The molecule has 2 heterocycles. The Labute approximate surface area is 162 Å². The lowest BCUT2D eigenvalue weighted by molar-refractivity contribution is -0.130. The molecule has 0 spiro atoms. The molecular formula is C19H24N6O3. The van der Waals surface area contributed by atoms with Crippen LogP contribution < -0.4 is 15.8 Å². The van der Waals surface area contributed by atoms with Crippen LogP contribution in [0.1, 0.15) is 31.9 Å². The molecule has 0 radical (unpaired) electrons. The van der Waals surface area contributed by atoms with Crippen molar-refractivity contribution in [2.75, 3.05) is 12.3 Å². The Kier molecular flexibility index (Phi) is 5.74. The zero-order valence-electron chi connectivity index (χ0n) is 16.2. The number of rotatable bonds is 7. The van der Waals surface area contributed by atoms with Crippen molar-refractivity contribution in [1.29, 1.82) is 0 Å². The Hall–Kier alpha value is -3.20. The van der Waals surface area contributed by atoms with Crippen LogP contribution in [0.25, 0.3) is 11.2 Å². The monoisotopic (exact) mass is 384 g/mol. The summed E-state index contributed by atoms with van der Waals surface area (Å²) in [5, 5.41) is 2.84. The van der Waals surface area contributed by atoms with Crippen molar-refractivity contribution < 1.29 is 14.3 Å². The predicted molar refractivity (Wildman–Crippen MR) is 104 cm³/mol. The number of nitrogens with zero attached hydrogens (tertiary/aromatic N) is 3. The smallest absolute Gasteiger partial charge is 0.246 e. The molecule has 0 aliphatic carbocycles. The van der Waals surface area contributed by atoms with Gasteiger partial charge >= 0.3 is 0 Å². The quantitative estimate of drug-likeness (QED) is 0.568. The first-order valence-corrected chi connectivity index (χ1v) is 8.88. The average Bonchev–Trinajstić information content (AvgIpc) is 3.11. The van der Waals surface area contributed by atoms with Gasteiger partial charge in [0.25, 0.3) is 0 Å². The molecule has 9 heteroatoms. The van der Waals surface area contributed by atoms with Crippen molar-refractivity contribution in [2.24, 2.45) is 0 Å². The molecule has 9 nitrogen and oxygen atoms in total. The fraction of sp³-hybridized carbons (Fsp3) is 0.368. The summed E-state index contributed by atoms with van der Waals surface area (Å²) in [6.07, 6.45) is 1.52. The second-order valence-electron chi connectivity index (χ2n) is 7.27. The van der Waals surface area contributed by atoms with Gasteiger partial charge in [-0.3, -0.25) is 4.79 Å². The van der Waals surface area contributed by atoms with Crippen LogP contribution >= 0.6 is 0 Å². The number of benzene rings is 1. The van der Waals surface area contributed by atoms with E-state index in [2.05, 4.69) is 25.3 Å². The number of nitrogens with two attached hydrogens (primary N) is 1. The highest BCUT2D eigenvalue weighted by molar-refractivity contribution is 5.77. The summed E-state index contributed by atoms with van der Waals surface area (Å²) in [7, 11) is 0. The van der Waals surface area contributed by atoms with E-state index in [0.29, 0.717) is 30.2 Å². The number of carbonyl (C=O) groups excluding carboxylic acids is 1. The molecule has 3 aromatic rings. The number of ether oxygens (including phenoxy) is 2. The van der Waals surface area contributed by atoms with Gasteiger partial charge in [0.1, 0.15) is 18.7 Å². The molecule has 0 unspecified atom stereocenters. The van der Waals surface area contributed by atoms with Gasteiger partial charge in [-0.15, -0.1) is 0 Å². The van der Waals surface area contributed by atoms with Crippen molar-refractivity contribution >= 4 is 23.0 Å². The number of aromatic amines is 1. The molecule has 4 N–H and O–H groups in total. The standard InChI is InChI=1S/C19H24N6O3/c1-19(2,3)28-10-14(26)21-8-12-4-6-13(7-5-12)9-27-17-15-16(23-11-22-15)24-18(20)25-17/h4-7,11H,8-10H2,1-3H3,(H,21,26)(H3,20,22,23,24,25). The lowest BCUT2D eigenvalue weighted by Gasteiger charge is -2.19. The van der Waals surface area contributed by atoms with Gasteiger partial charge in [0, 0.05) is 6.54 Å². The lowest BCUT2D eigenvalue weighted by Crippen LogP contribution is -2.31. The van der Waals surface area contributed by atoms with Gasteiger partial charge in [-0.25, -0.2) is 4.98 Å². The summed E-state index contributed by atoms with van der Waals surface area (Å²) in [6.45, 7) is 6.53. The van der Waals surface area contributed by atoms with Crippen molar-refractivity contribution in [1.82, 2.24) is 25.3 Å². The van der Waals surface area contributed by atoms with Gasteiger partial charge in [-0.2, -0.15) is 9.97 Å². The maximum Gasteiger partial charge on any atom is 0.246 e. The minimum Gasteiger partial charge on any atom is -0.471 e. The normalized spacial score (nSPS) is 11.5. The molecule has 0 saturated heterocycles. The summed E-state index contributed by atoms with van der Waals surface area (Å²) < 4.78 is 11.2. The largest absolute Gasteiger partial charge is 0.471 e. The van der Waals surface area contributed by atoms with E-state index in [-0.39, 0.29) is 24.1 Å². The Balaban J connectivity index is 1.52. The number of anilines is 1. The molecule has 28 heavy (non-hydrogen) atoms. The zero-order chi connectivity index (χ0) is 20.1. The Morgan fingerprint density at radius 2 is 1.89 bits per heavy atom. The van der Waals surface area contributed by atoms with Crippen LogP contribution in [0, 0.1) is 0 Å². The van der Waals surface area contributed by atoms with E-state index in [1.54, 1.807) is 0 Å². The molecule has 2 aromatic heterocycles. The minimum absolute atomic E-state index is 0.0412. The van der Waals surface area contributed by atoms with E-state index in [1.165, 1.54) is 6.33 Å². The zero-order valence-corrected chi connectivity index (χ0v) is 16.2. The third kappa shape index (κ3) is 5.40. The topological polar surface area (TPSA) is 128 Å². The molecule has 3 rings (SSSR count). The van der Waals surface area contributed by atoms with Crippen molar-refractivity contribution in [3.05, 3.63) is 41.7 Å². The summed E-state index contributed by atoms with van der Waals surface area (Å²) in [6, 6.07) is 7.73. The van der Waals surface area contributed by atoms with E-state index in [9.17, 15) is 4.79 Å². The summed E-state index contributed by atoms with van der Waals surface area (Å²) in [5.41, 5.74) is 8.34. The molecule has 0 aliphatic rings. The van der Waals surface area contributed by atoms with E-state index >= 15 is 0 Å². The molecule has 148 valence electrons. The summed E-state index contributed by atoms with van der Waals surface area (Å²) in [4.78, 5) is 26.9. The van der Waals surface area contributed by atoms with Crippen LogP contribution in [0.5, 0.6) is 5.88 Å². The molecular weight excluding hydrogens is 360 g/mol. The number of H-pyrrole nitrogens is 1. The molecule has 1 amide bonds. The number of fused-ring (bicyclic) bond motifs is 1. The number of carbonyl (C=O) groups is 1. The molecule has 0 fully saturated rings. The minimum atomic E-state index is -0.338. The van der Waals surface area contributed by atoms with Crippen LogP contribution in [0.3, 0.4) is 0 Å². The first-order valence-electron chi connectivity index (χ1n) is 8.88. The van der Waals surface area contributed by atoms with E-state index in [0.717, 1.165) is 11.1 Å². The summed E-state index contributed by atoms with van der Waals surface area (Å²) >= 11 is 0. The van der Waals surface area contributed by atoms with Crippen LogP contribution in [0.2, 0.25) is 0 Å². The number of nitrogen functional groups attached to an aromatic ring is 1. The van der Waals surface area contributed by atoms with Crippen molar-refractivity contribution in [2.45, 2.75) is 39.5 Å². The van der Waals surface area contributed by atoms with Crippen molar-refractivity contribution in [3.63, 3.8) is 0 Å². The van der Waals surface area contributed by atoms with E-state index in [4.69, 9.17) is 15.2 Å². The second-order valence-corrected chi connectivity index (χ2v) is 7.27. The van der Waals surface area contributed by atoms with Crippen LogP contribution in [0.15, 0.2) is 30.6 Å². The van der Waals surface area contributed by atoms with Crippen LogP contribution in [0.4, 0.5) is 5.95 Å². The van der Waals surface area contributed by atoms with Gasteiger partial charge in [0.15, 0.2) is 5.65 Å². The highest BCUT2D eigenvalue weighted by Crippen LogP contribution is 2.20. The fourth-order valence-corrected chi connectivity index (χ4v) is 2.37.